The molecule has 0 aliphatic heterocycles. The number of benzene rings is 1. The number of aliphatic hydroxyl groups is 1. The standard InChI is InChI=1S/C15H25NO/c1-12(2)11-16(4)10-9-15(17)14-7-5-13(3)6-8-14/h5-8,12,15,17H,9-11H2,1-4H3. The fourth-order valence-corrected chi connectivity index (χ4v) is 2.01. The fourth-order valence-electron chi connectivity index (χ4n) is 2.01. The van der Waals surface area contributed by atoms with Crippen molar-refractivity contribution in [2.75, 3.05) is 20.1 Å². The smallest absolute Gasteiger partial charge is 0.0802 e. The molecule has 96 valence electrons. The van der Waals surface area contributed by atoms with E-state index < -0.39 is 0 Å². The number of rotatable bonds is 6. The van der Waals surface area contributed by atoms with Crippen LogP contribution in [0.3, 0.4) is 0 Å². The third-order valence-corrected chi connectivity index (χ3v) is 2.92. The molecule has 0 heterocycles. The molecule has 0 fully saturated rings. The molecular formula is C15H25NO. The highest BCUT2D eigenvalue weighted by atomic mass is 16.3. The van der Waals surface area contributed by atoms with E-state index in [1.54, 1.807) is 0 Å². The Morgan fingerprint density at radius 2 is 1.76 bits per heavy atom. The van der Waals surface area contributed by atoms with Gasteiger partial charge in [0.2, 0.25) is 0 Å². The molecule has 2 nitrogen and oxygen atoms in total. The SMILES string of the molecule is Cc1ccc(C(O)CCN(C)CC(C)C)cc1. The first-order chi connectivity index (χ1) is 7.99. The van der Waals surface area contributed by atoms with Crippen LogP contribution in [0.2, 0.25) is 0 Å². The van der Waals surface area contributed by atoms with Crippen LogP contribution in [0.5, 0.6) is 0 Å². The lowest BCUT2D eigenvalue weighted by atomic mass is 10.0. The third kappa shape index (κ3) is 5.33. The van der Waals surface area contributed by atoms with Gasteiger partial charge >= 0.3 is 0 Å². The van der Waals surface area contributed by atoms with Crippen molar-refractivity contribution < 1.29 is 5.11 Å². The minimum Gasteiger partial charge on any atom is -0.388 e. The van der Waals surface area contributed by atoms with Crippen LogP contribution in [-0.2, 0) is 0 Å². The van der Waals surface area contributed by atoms with E-state index in [-0.39, 0.29) is 6.10 Å². The lowest BCUT2D eigenvalue weighted by Crippen LogP contribution is -2.25. The quantitative estimate of drug-likeness (QED) is 0.819. The second-order valence-electron chi connectivity index (χ2n) is 5.37. The largest absolute Gasteiger partial charge is 0.388 e. The summed E-state index contributed by atoms with van der Waals surface area (Å²) in [5.41, 5.74) is 2.26. The highest BCUT2D eigenvalue weighted by Gasteiger charge is 2.09. The molecule has 1 atom stereocenters. The third-order valence-electron chi connectivity index (χ3n) is 2.92. The monoisotopic (exact) mass is 235 g/mol. The van der Waals surface area contributed by atoms with Crippen molar-refractivity contribution in [1.82, 2.24) is 4.90 Å². The lowest BCUT2D eigenvalue weighted by molar-refractivity contribution is 0.146. The van der Waals surface area contributed by atoms with E-state index in [9.17, 15) is 5.11 Å². The first kappa shape index (κ1) is 14.2. The molecule has 1 unspecified atom stereocenters. The van der Waals surface area contributed by atoms with Crippen LogP contribution in [0.1, 0.15) is 37.5 Å². The number of hydrogen-bond acceptors (Lipinski definition) is 2. The molecule has 0 radical (unpaired) electrons. The van der Waals surface area contributed by atoms with Gasteiger partial charge in [-0.2, -0.15) is 0 Å². The van der Waals surface area contributed by atoms with E-state index >= 15 is 0 Å². The van der Waals surface area contributed by atoms with Crippen molar-refractivity contribution in [3.05, 3.63) is 35.4 Å². The predicted octanol–water partition coefficient (Wildman–Crippen LogP) is 3.01. The molecule has 0 spiro atoms. The van der Waals surface area contributed by atoms with Crippen LogP contribution in [0, 0.1) is 12.8 Å². The number of hydrogen-bond donors (Lipinski definition) is 1. The van der Waals surface area contributed by atoms with Gasteiger partial charge in [0.15, 0.2) is 0 Å². The molecule has 0 saturated carbocycles. The van der Waals surface area contributed by atoms with Gasteiger partial charge in [0, 0.05) is 13.1 Å². The van der Waals surface area contributed by atoms with E-state index in [1.165, 1.54) is 5.56 Å². The Balaban J connectivity index is 2.39. The van der Waals surface area contributed by atoms with Gasteiger partial charge < -0.3 is 10.0 Å². The second kappa shape index (κ2) is 6.77. The zero-order valence-electron chi connectivity index (χ0n) is 11.5. The molecule has 1 N–H and O–H groups in total. The van der Waals surface area contributed by atoms with Crippen molar-refractivity contribution in [2.24, 2.45) is 5.92 Å². The van der Waals surface area contributed by atoms with E-state index in [4.69, 9.17) is 0 Å². The Hall–Kier alpha value is -0.860. The molecule has 0 aliphatic rings. The molecule has 0 amide bonds. The molecule has 1 aromatic carbocycles. The minimum absolute atomic E-state index is 0.342. The Labute approximate surface area is 105 Å². The van der Waals surface area contributed by atoms with Gasteiger partial charge in [-0.05, 0) is 31.9 Å². The summed E-state index contributed by atoms with van der Waals surface area (Å²) in [6.45, 7) is 8.51. The second-order valence-corrected chi connectivity index (χ2v) is 5.37. The molecule has 1 rings (SSSR count). The van der Waals surface area contributed by atoms with Gasteiger partial charge in [0.25, 0.3) is 0 Å². The average Bonchev–Trinajstić information content (AvgIpc) is 2.26. The molecule has 17 heavy (non-hydrogen) atoms. The van der Waals surface area contributed by atoms with E-state index in [1.807, 2.05) is 12.1 Å². The number of aryl methyl sites for hydroxylation is 1. The van der Waals surface area contributed by atoms with Crippen LogP contribution in [0.4, 0.5) is 0 Å². The van der Waals surface area contributed by atoms with Crippen molar-refractivity contribution in [3.8, 4) is 0 Å². The zero-order chi connectivity index (χ0) is 12.8. The number of nitrogens with zero attached hydrogens (tertiary/aromatic N) is 1. The Kier molecular flexibility index (Phi) is 5.66. The van der Waals surface area contributed by atoms with E-state index in [2.05, 4.69) is 44.9 Å². The maximum absolute atomic E-state index is 10.1. The van der Waals surface area contributed by atoms with Crippen molar-refractivity contribution in [2.45, 2.75) is 33.3 Å². The Morgan fingerprint density at radius 3 is 2.29 bits per heavy atom. The first-order valence-electron chi connectivity index (χ1n) is 6.42. The average molecular weight is 235 g/mol. The molecular weight excluding hydrogens is 210 g/mol. The highest BCUT2D eigenvalue weighted by Crippen LogP contribution is 2.17. The van der Waals surface area contributed by atoms with Crippen molar-refractivity contribution in [1.29, 1.82) is 0 Å². The Morgan fingerprint density at radius 1 is 1.18 bits per heavy atom. The summed E-state index contributed by atoms with van der Waals surface area (Å²) < 4.78 is 0. The number of aliphatic hydroxyl groups excluding tert-OH is 1. The van der Waals surface area contributed by atoms with Gasteiger partial charge in [-0.3, -0.25) is 0 Å². The molecule has 0 saturated heterocycles. The molecule has 2 heteroatoms. The normalized spacial score (nSPS) is 13.4. The maximum atomic E-state index is 10.1. The highest BCUT2D eigenvalue weighted by molar-refractivity contribution is 5.22. The van der Waals surface area contributed by atoms with Crippen molar-refractivity contribution >= 4 is 0 Å². The lowest BCUT2D eigenvalue weighted by Gasteiger charge is -2.20. The van der Waals surface area contributed by atoms with Crippen molar-refractivity contribution in [3.63, 3.8) is 0 Å². The van der Waals surface area contributed by atoms with Crippen LogP contribution >= 0.6 is 0 Å². The topological polar surface area (TPSA) is 23.5 Å². The minimum atomic E-state index is -0.342. The summed E-state index contributed by atoms with van der Waals surface area (Å²) in [5.74, 6) is 0.677. The predicted molar refractivity (Wildman–Crippen MR) is 73.1 cm³/mol. The molecule has 1 aromatic rings. The van der Waals surface area contributed by atoms with Crippen LogP contribution in [0.15, 0.2) is 24.3 Å². The van der Waals surface area contributed by atoms with Gasteiger partial charge in [0.05, 0.1) is 6.10 Å². The van der Waals surface area contributed by atoms with E-state index in [0.717, 1.165) is 25.1 Å². The van der Waals surface area contributed by atoms with Gasteiger partial charge in [0.1, 0.15) is 0 Å². The molecule has 0 bridgehead atoms. The zero-order valence-corrected chi connectivity index (χ0v) is 11.5. The van der Waals surface area contributed by atoms with Gasteiger partial charge in [-0.15, -0.1) is 0 Å². The fraction of sp³-hybridized carbons (Fsp3) is 0.600. The maximum Gasteiger partial charge on any atom is 0.0802 e. The summed E-state index contributed by atoms with van der Waals surface area (Å²) in [5, 5.41) is 10.1. The van der Waals surface area contributed by atoms with Gasteiger partial charge in [-0.25, -0.2) is 0 Å². The van der Waals surface area contributed by atoms with Crippen LogP contribution in [-0.4, -0.2) is 30.1 Å². The van der Waals surface area contributed by atoms with Crippen LogP contribution < -0.4 is 0 Å². The first-order valence-corrected chi connectivity index (χ1v) is 6.42. The molecule has 0 aliphatic carbocycles. The summed E-state index contributed by atoms with van der Waals surface area (Å²) in [6, 6.07) is 8.14. The van der Waals surface area contributed by atoms with Crippen LogP contribution in [0.25, 0.3) is 0 Å². The van der Waals surface area contributed by atoms with E-state index in [0.29, 0.717) is 5.92 Å². The summed E-state index contributed by atoms with van der Waals surface area (Å²) in [6.07, 6.45) is 0.456. The van der Waals surface area contributed by atoms with Gasteiger partial charge in [-0.1, -0.05) is 43.7 Å². The molecule has 0 aromatic heterocycles. The summed E-state index contributed by atoms with van der Waals surface area (Å²) in [7, 11) is 2.11. The summed E-state index contributed by atoms with van der Waals surface area (Å²) >= 11 is 0. The Bertz CT molecular complexity index is 318. The summed E-state index contributed by atoms with van der Waals surface area (Å²) in [4.78, 5) is 2.28.